The zero-order valence-electron chi connectivity index (χ0n) is 8.03. The molecule has 1 aromatic rings. The highest BCUT2D eigenvalue weighted by Gasteiger charge is 2.16. The summed E-state index contributed by atoms with van der Waals surface area (Å²) in [7, 11) is 0. The Morgan fingerprint density at radius 2 is 2.08 bits per heavy atom. The first-order valence-corrected chi connectivity index (χ1v) is 4.56. The van der Waals surface area contributed by atoms with Crippen LogP contribution >= 0.6 is 12.6 Å². The minimum Gasteiger partial charge on any atom is -0.282 e. The van der Waals surface area contributed by atoms with E-state index >= 15 is 0 Å². The molecular formula is C10H13NOS. The summed E-state index contributed by atoms with van der Waals surface area (Å²) in [5.74, 6) is 0. The van der Waals surface area contributed by atoms with Gasteiger partial charge in [0.1, 0.15) is 0 Å². The topological polar surface area (TPSA) is 30.0 Å². The van der Waals surface area contributed by atoms with E-state index in [0.717, 1.165) is 5.69 Å². The van der Waals surface area contributed by atoms with Crippen LogP contribution < -0.4 is 0 Å². The Morgan fingerprint density at radius 1 is 1.46 bits per heavy atom. The molecular weight excluding hydrogens is 182 g/mol. The molecule has 13 heavy (non-hydrogen) atoms. The molecule has 0 unspecified atom stereocenters. The molecule has 0 aromatic carbocycles. The molecule has 0 saturated heterocycles. The molecule has 1 heterocycles. The number of nitrogens with zero attached hydrogens (tertiary/aromatic N) is 1. The summed E-state index contributed by atoms with van der Waals surface area (Å²) in [6, 6.07) is 3.46. The first-order chi connectivity index (χ1) is 5.91. The third-order valence-electron chi connectivity index (χ3n) is 1.78. The van der Waals surface area contributed by atoms with Gasteiger partial charge in [0, 0.05) is 22.9 Å². The first kappa shape index (κ1) is 10.3. The molecule has 0 N–H and O–H groups in total. The molecule has 1 aromatic heterocycles. The zero-order chi connectivity index (χ0) is 10.1. The predicted octanol–water partition coefficient (Wildman–Crippen LogP) is 2.45. The van der Waals surface area contributed by atoms with Crippen LogP contribution in [0.1, 0.15) is 36.8 Å². The summed E-state index contributed by atoms with van der Waals surface area (Å²) in [5.41, 5.74) is 1.48. The van der Waals surface area contributed by atoms with Crippen molar-refractivity contribution in [3.63, 3.8) is 0 Å². The van der Waals surface area contributed by atoms with Crippen molar-refractivity contribution in [2.24, 2.45) is 0 Å². The van der Waals surface area contributed by atoms with E-state index in [-0.39, 0.29) is 10.5 Å². The van der Waals surface area contributed by atoms with Crippen LogP contribution in [0.3, 0.4) is 0 Å². The van der Waals surface area contributed by atoms with Gasteiger partial charge in [-0.25, -0.2) is 0 Å². The van der Waals surface area contributed by atoms with Crippen LogP contribution in [0.2, 0.25) is 0 Å². The molecule has 3 heteroatoms. The smallest absolute Gasteiger partial charge is 0.216 e. The van der Waals surface area contributed by atoms with Gasteiger partial charge in [0.2, 0.25) is 5.12 Å². The van der Waals surface area contributed by atoms with Gasteiger partial charge in [0.15, 0.2) is 0 Å². The molecule has 0 aliphatic heterocycles. The number of carbonyl (C=O) groups excluding carboxylic acids is 1. The summed E-state index contributed by atoms with van der Waals surface area (Å²) < 4.78 is 0. The molecule has 0 spiro atoms. The number of carbonyl (C=O) groups is 1. The Bertz CT molecular complexity index is 328. The second-order valence-corrected chi connectivity index (χ2v) is 4.39. The Hall–Kier alpha value is -0.830. The summed E-state index contributed by atoms with van der Waals surface area (Å²) >= 11 is 3.76. The van der Waals surface area contributed by atoms with E-state index < -0.39 is 0 Å². The van der Waals surface area contributed by atoms with E-state index in [0.29, 0.717) is 5.56 Å². The van der Waals surface area contributed by atoms with Crippen LogP contribution in [0, 0.1) is 0 Å². The lowest BCUT2D eigenvalue weighted by Gasteiger charge is -2.17. The van der Waals surface area contributed by atoms with Crippen LogP contribution in [0.15, 0.2) is 18.3 Å². The molecule has 0 aliphatic carbocycles. The molecule has 0 radical (unpaired) electrons. The largest absolute Gasteiger partial charge is 0.282 e. The highest BCUT2D eigenvalue weighted by Crippen LogP contribution is 2.20. The number of hydrogen-bond donors (Lipinski definition) is 1. The lowest BCUT2D eigenvalue weighted by molar-refractivity contribution is 0.109. The van der Waals surface area contributed by atoms with Gasteiger partial charge in [-0.2, -0.15) is 0 Å². The van der Waals surface area contributed by atoms with Crippen molar-refractivity contribution < 1.29 is 4.79 Å². The summed E-state index contributed by atoms with van der Waals surface area (Å²) in [6.45, 7) is 6.17. The van der Waals surface area contributed by atoms with E-state index in [2.05, 4.69) is 38.4 Å². The fourth-order valence-corrected chi connectivity index (χ4v) is 1.11. The lowest BCUT2D eigenvalue weighted by atomic mass is 9.91. The molecule has 0 saturated carbocycles. The average Bonchev–Trinajstić information content (AvgIpc) is 2.03. The van der Waals surface area contributed by atoms with Gasteiger partial charge < -0.3 is 0 Å². The van der Waals surface area contributed by atoms with Crippen LogP contribution in [-0.4, -0.2) is 10.1 Å². The Morgan fingerprint density at radius 3 is 2.54 bits per heavy atom. The van der Waals surface area contributed by atoms with Gasteiger partial charge >= 0.3 is 0 Å². The Kier molecular flexibility index (Phi) is 2.76. The number of thiol groups is 1. The van der Waals surface area contributed by atoms with Crippen molar-refractivity contribution in [2.75, 3.05) is 0 Å². The maximum Gasteiger partial charge on any atom is 0.216 e. The maximum absolute atomic E-state index is 11.0. The number of aromatic nitrogens is 1. The lowest BCUT2D eigenvalue weighted by Crippen LogP contribution is -2.13. The van der Waals surface area contributed by atoms with Crippen molar-refractivity contribution >= 4 is 17.7 Å². The van der Waals surface area contributed by atoms with Crippen molar-refractivity contribution in [3.05, 3.63) is 29.6 Å². The van der Waals surface area contributed by atoms with E-state index in [9.17, 15) is 4.79 Å². The van der Waals surface area contributed by atoms with Crippen LogP contribution in [0.25, 0.3) is 0 Å². The minimum atomic E-state index is -0.215. The average molecular weight is 195 g/mol. The quantitative estimate of drug-likeness (QED) is 0.698. The second-order valence-electron chi connectivity index (χ2n) is 3.98. The molecule has 0 amide bonds. The van der Waals surface area contributed by atoms with Gasteiger partial charge in [-0.05, 0) is 12.1 Å². The second kappa shape index (κ2) is 3.50. The third kappa shape index (κ3) is 2.56. The van der Waals surface area contributed by atoms with E-state index in [1.165, 1.54) is 0 Å². The highest BCUT2D eigenvalue weighted by molar-refractivity contribution is 7.97. The normalized spacial score (nSPS) is 11.4. The zero-order valence-corrected chi connectivity index (χ0v) is 8.93. The number of hydrogen-bond acceptors (Lipinski definition) is 2. The minimum absolute atomic E-state index is 0.0285. The fourth-order valence-electron chi connectivity index (χ4n) is 0.974. The van der Waals surface area contributed by atoms with Crippen molar-refractivity contribution in [2.45, 2.75) is 26.2 Å². The van der Waals surface area contributed by atoms with Crippen LogP contribution in [0.5, 0.6) is 0 Å². The van der Waals surface area contributed by atoms with Crippen molar-refractivity contribution in [1.82, 2.24) is 4.98 Å². The molecule has 70 valence electrons. The van der Waals surface area contributed by atoms with Crippen molar-refractivity contribution in [3.8, 4) is 0 Å². The fraction of sp³-hybridized carbons (Fsp3) is 0.400. The van der Waals surface area contributed by atoms with E-state index in [4.69, 9.17) is 0 Å². The number of pyridine rings is 1. The van der Waals surface area contributed by atoms with Crippen LogP contribution in [-0.2, 0) is 5.41 Å². The highest BCUT2D eigenvalue weighted by atomic mass is 32.1. The molecule has 1 rings (SSSR count). The first-order valence-electron chi connectivity index (χ1n) is 4.11. The van der Waals surface area contributed by atoms with Gasteiger partial charge in [-0.1, -0.05) is 20.8 Å². The summed E-state index contributed by atoms with van der Waals surface area (Å²) in [5, 5.41) is -0.215. The number of rotatable bonds is 1. The Labute approximate surface area is 83.8 Å². The van der Waals surface area contributed by atoms with Crippen molar-refractivity contribution in [1.29, 1.82) is 0 Å². The van der Waals surface area contributed by atoms with E-state index in [1.807, 2.05) is 0 Å². The summed E-state index contributed by atoms with van der Waals surface area (Å²) in [4.78, 5) is 15.2. The molecule has 0 atom stereocenters. The van der Waals surface area contributed by atoms with Gasteiger partial charge in [-0.3, -0.25) is 9.78 Å². The summed E-state index contributed by atoms with van der Waals surface area (Å²) in [6.07, 6.45) is 1.64. The van der Waals surface area contributed by atoms with Gasteiger partial charge in [-0.15, -0.1) is 12.6 Å². The SMILES string of the molecule is CC(C)(C)c1cc(C(=O)S)ccn1. The van der Waals surface area contributed by atoms with Gasteiger partial charge in [0.05, 0.1) is 0 Å². The van der Waals surface area contributed by atoms with Gasteiger partial charge in [0.25, 0.3) is 0 Å². The maximum atomic E-state index is 11.0. The monoisotopic (exact) mass is 195 g/mol. The molecule has 0 aliphatic rings. The molecule has 0 fully saturated rings. The van der Waals surface area contributed by atoms with Crippen LogP contribution in [0.4, 0.5) is 0 Å². The Balaban J connectivity index is 3.13. The third-order valence-corrected chi connectivity index (χ3v) is 2.03. The molecule has 2 nitrogen and oxygen atoms in total. The molecule has 0 bridgehead atoms. The standard InChI is InChI=1S/C10H13NOS/c1-10(2,3)8-6-7(9(12)13)4-5-11-8/h4-6H,1-3H3,(H,12,13). The van der Waals surface area contributed by atoms with E-state index in [1.54, 1.807) is 18.3 Å². The predicted molar refractivity (Wildman–Crippen MR) is 56.3 cm³/mol.